The van der Waals surface area contributed by atoms with Crippen LogP contribution >= 0.6 is 0 Å². The van der Waals surface area contributed by atoms with Crippen molar-refractivity contribution in [3.63, 3.8) is 0 Å². The number of nitrogens with two attached hydrogens (primary N) is 1. The Morgan fingerprint density at radius 3 is 2.68 bits per heavy atom. The first kappa shape index (κ1) is 22.1. The molecule has 1 saturated heterocycles. The third-order valence-electron chi connectivity index (χ3n) is 6.12. The molecule has 0 amide bonds. The van der Waals surface area contributed by atoms with Gasteiger partial charge in [0.25, 0.3) is 0 Å². The zero-order chi connectivity index (χ0) is 23.5. The number of ether oxygens (including phenoxy) is 1. The van der Waals surface area contributed by atoms with E-state index in [0.29, 0.717) is 39.9 Å². The Balaban J connectivity index is 1.55. The maximum absolute atomic E-state index is 13.9. The number of halogens is 1. The van der Waals surface area contributed by atoms with Crippen LogP contribution in [-0.4, -0.2) is 57.9 Å². The van der Waals surface area contributed by atoms with E-state index in [2.05, 4.69) is 20.3 Å². The van der Waals surface area contributed by atoms with Gasteiger partial charge >= 0.3 is 0 Å². The quantitative estimate of drug-likeness (QED) is 0.428. The summed E-state index contributed by atoms with van der Waals surface area (Å²) in [5.41, 5.74) is 8.95. The molecule has 0 radical (unpaired) electrons. The summed E-state index contributed by atoms with van der Waals surface area (Å²) >= 11 is 0. The number of likely N-dealkylation sites (tertiary alicyclic amines) is 1. The van der Waals surface area contributed by atoms with Crippen LogP contribution in [-0.2, 0) is 0 Å². The predicted molar refractivity (Wildman–Crippen MR) is 132 cm³/mol. The average molecular weight is 462 g/mol. The summed E-state index contributed by atoms with van der Waals surface area (Å²) in [7, 11) is 1.62. The van der Waals surface area contributed by atoms with Gasteiger partial charge < -0.3 is 20.7 Å². The second kappa shape index (κ2) is 9.64. The number of anilines is 2. The Bertz CT molecular complexity index is 1300. The lowest BCUT2D eigenvalue weighted by Gasteiger charge is -2.26. The van der Waals surface area contributed by atoms with Crippen molar-refractivity contribution in [1.82, 2.24) is 24.6 Å². The first-order chi connectivity index (χ1) is 16.6. The summed E-state index contributed by atoms with van der Waals surface area (Å²) in [5.74, 6) is 1.17. The molecule has 3 heterocycles. The lowest BCUT2D eigenvalue weighted by molar-refractivity contribution is 0.237. The Kier molecular flexibility index (Phi) is 6.27. The second-order valence-corrected chi connectivity index (χ2v) is 8.43. The van der Waals surface area contributed by atoms with Crippen molar-refractivity contribution in [2.24, 2.45) is 0 Å². The van der Waals surface area contributed by atoms with Crippen molar-refractivity contribution in [3.05, 3.63) is 54.3 Å². The molecule has 4 aromatic rings. The molecule has 1 aliphatic heterocycles. The van der Waals surface area contributed by atoms with Crippen LogP contribution in [0.15, 0.2) is 48.5 Å². The Morgan fingerprint density at radius 1 is 1.06 bits per heavy atom. The largest absolute Gasteiger partial charge is 0.497 e. The van der Waals surface area contributed by atoms with Gasteiger partial charge in [-0.1, -0.05) is 24.6 Å². The number of nitrogens with zero attached hydrogens (tertiary/aromatic N) is 5. The number of piperidine rings is 1. The highest BCUT2D eigenvalue weighted by atomic mass is 19.1. The van der Waals surface area contributed by atoms with Crippen LogP contribution in [0, 0.1) is 5.82 Å². The molecule has 0 atom stereocenters. The molecule has 0 aliphatic carbocycles. The van der Waals surface area contributed by atoms with E-state index in [1.807, 2.05) is 24.3 Å². The summed E-state index contributed by atoms with van der Waals surface area (Å²) in [6, 6.07) is 13.8. The summed E-state index contributed by atoms with van der Waals surface area (Å²) in [6.45, 7) is 3.91. The van der Waals surface area contributed by atoms with Gasteiger partial charge in [0, 0.05) is 18.7 Å². The Morgan fingerprint density at radius 2 is 1.88 bits per heavy atom. The smallest absolute Gasteiger partial charge is 0.225 e. The van der Waals surface area contributed by atoms with Gasteiger partial charge in [-0.3, -0.25) is 0 Å². The van der Waals surface area contributed by atoms with Gasteiger partial charge in [-0.05, 0) is 56.3 Å². The van der Waals surface area contributed by atoms with Crippen LogP contribution in [0.4, 0.5) is 16.2 Å². The minimum absolute atomic E-state index is 0.346. The van der Waals surface area contributed by atoms with Gasteiger partial charge in [-0.2, -0.15) is 4.98 Å². The van der Waals surface area contributed by atoms with Gasteiger partial charge in [0.15, 0.2) is 5.65 Å². The number of nitrogen functional groups attached to an aromatic ring is 1. The Hall–Kier alpha value is -3.72. The number of aromatic nitrogens is 4. The van der Waals surface area contributed by atoms with Crippen LogP contribution in [0.25, 0.3) is 28.0 Å². The fourth-order valence-corrected chi connectivity index (χ4v) is 4.38. The molecule has 1 aliphatic rings. The zero-order valence-electron chi connectivity index (χ0n) is 19.2. The van der Waals surface area contributed by atoms with E-state index >= 15 is 0 Å². The van der Waals surface area contributed by atoms with E-state index in [1.165, 1.54) is 36.1 Å². The normalized spacial score (nSPS) is 14.4. The van der Waals surface area contributed by atoms with Gasteiger partial charge in [0.2, 0.25) is 5.95 Å². The van der Waals surface area contributed by atoms with Gasteiger partial charge in [-0.25, -0.2) is 14.1 Å². The van der Waals surface area contributed by atoms with Crippen molar-refractivity contribution in [2.75, 3.05) is 44.3 Å². The van der Waals surface area contributed by atoms with Gasteiger partial charge in [-0.15, -0.1) is 5.10 Å². The molecule has 0 bridgehead atoms. The molecular formula is C25H28FN7O. The number of fused-ring (bicyclic) bond motifs is 1. The fourth-order valence-electron chi connectivity index (χ4n) is 4.38. The molecule has 0 saturated carbocycles. The number of hydrogen-bond acceptors (Lipinski definition) is 7. The molecule has 2 aromatic carbocycles. The molecular weight excluding hydrogens is 433 g/mol. The van der Waals surface area contributed by atoms with E-state index in [4.69, 9.17) is 15.5 Å². The summed E-state index contributed by atoms with van der Waals surface area (Å²) in [4.78, 5) is 11.9. The van der Waals surface area contributed by atoms with Crippen LogP contribution in [0.1, 0.15) is 19.3 Å². The molecule has 0 spiro atoms. The minimum atomic E-state index is -0.365. The average Bonchev–Trinajstić information content (AvgIpc) is 3.20. The van der Waals surface area contributed by atoms with Gasteiger partial charge in [0.1, 0.15) is 17.4 Å². The molecule has 34 heavy (non-hydrogen) atoms. The maximum Gasteiger partial charge on any atom is 0.225 e. The molecule has 1 fully saturated rings. The monoisotopic (exact) mass is 461 g/mol. The molecule has 2 aromatic heterocycles. The third-order valence-corrected chi connectivity index (χ3v) is 6.12. The van der Waals surface area contributed by atoms with Crippen LogP contribution in [0.3, 0.4) is 0 Å². The SMILES string of the molecule is COc1cccc(-c2nc(NCCN3CCCCC3)nc3nn(-c4cccc(F)c4)c(N)c23)c1. The van der Waals surface area contributed by atoms with Crippen molar-refractivity contribution in [2.45, 2.75) is 19.3 Å². The summed E-state index contributed by atoms with van der Waals surface area (Å²) in [6.07, 6.45) is 3.81. The molecule has 5 rings (SSSR count). The van der Waals surface area contributed by atoms with E-state index in [0.717, 1.165) is 31.7 Å². The number of hydrogen-bond donors (Lipinski definition) is 2. The van der Waals surface area contributed by atoms with Crippen molar-refractivity contribution in [1.29, 1.82) is 0 Å². The highest BCUT2D eigenvalue weighted by Crippen LogP contribution is 2.34. The van der Waals surface area contributed by atoms with Crippen LogP contribution in [0.5, 0.6) is 5.75 Å². The van der Waals surface area contributed by atoms with Crippen molar-refractivity contribution in [3.8, 4) is 22.7 Å². The number of methoxy groups -OCH3 is 1. The third kappa shape index (κ3) is 4.51. The van der Waals surface area contributed by atoms with Crippen LogP contribution < -0.4 is 15.8 Å². The highest BCUT2D eigenvalue weighted by Gasteiger charge is 2.20. The molecule has 0 unspecified atom stereocenters. The number of nitrogens with one attached hydrogen (secondary N) is 1. The standard InChI is InChI=1S/C25H28FN7O/c1-34-20-10-5-7-17(15-20)22-21-23(27)33(19-9-6-8-18(26)16-19)31-24(21)30-25(29-22)28-11-14-32-12-3-2-4-13-32/h5-10,15-16H,2-4,11-14,27H2,1H3,(H,28,30,31). The maximum atomic E-state index is 13.9. The first-order valence-corrected chi connectivity index (χ1v) is 11.6. The van der Waals surface area contributed by atoms with Crippen LogP contribution in [0.2, 0.25) is 0 Å². The minimum Gasteiger partial charge on any atom is -0.497 e. The predicted octanol–water partition coefficient (Wildman–Crippen LogP) is 4.11. The number of rotatable bonds is 7. The van der Waals surface area contributed by atoms with E-state index in [-0.39, 0.29) is 5.82 Å². The lowest BCUT2D eigenvalue weighted by atomic mass is 10.1. The molecule has 9 heteroatoms. The first-order valence-electron chi connectivity index (χ1n) is 11.6. The topological polar surface area (TPSA) is 94.1 Å². The van der Waals surface area contributed by atoms with Crippen molar-refractivity contribution >= 4 is 22.8 Å². The lowest BCUT2D eigenvalue weighted by Crippen LogP contribution is -2.33. The van der Waals surface area contributed by atoms with Crippen molar-refractivity contribution < 1.29 is 9.13 Å². The molecule has 3 N–H and O–H groups in total. The second-order valence-electron chi connectivity index (χ2n) is 8.43. The van der Waals surface area contributed by atoms with Gasteiger partial charge in [0.05, 0.1) is 23.9 Å². The molecule has 176 valence electrons. The number of benzene rings is 2. The highest BCUT2D eigenvalue weighted by molar-refractivity contribution is 5.99. The summed E-state index contributed by atoms with van der Waals surface area (Å²) in [5, 5.41) is 8.57. The van der Waals surface area contributed by atoms with E-state index < -0.39 is 0 Å². The Labute approximate surface area is 197 Å². The van der Waals surface area contributed by atoms with E-state index in [9.17, 15) is 4.39 Å². The van der Waals surface area contributed by atoms with E-state index in [1.54, 1.807) is 19.2 Å². The zero-order valence-corrected chi connectivity index (χ0v) is 19.2. The summed E-state index contributed by atoms with van der Waals surface area (Å²) < 4.78 is 20.8. The fraction of sp³-hybridized carbons (Fsp3) is 0.320. The molecule has 8 nitrogen and oxygen atoms in total.